The van der Waals surface area contributed by atoms with Crippen LogP contribution in [0.15, 0.2) is 35.5 Å². The summed E-state index contributed by atoms with van der Waals surface area (Å²) in [5, 5.41) is 8.35. The minimum Gasteiger partial charge on any atom is -0.348 e. The summed E-state index contributed by atoms with van der Waals surface area (Å²) in [5.74, 6) is 0. The number of fused-ring (bicyclic) bond motifs is 1. The highest BCUT2D eigenvalue weighted by Gasteiger charge is 2.27. The molecule has 1 fully saturated rings. The van der Waals surface area contributed by atoms with Crippen molar-refractivity contribution in [3.05, 3.63) is 41.1 Å². The van der Waals surface area contributed by atoms with E-state index in [9.17, 15) is 4.79 Å². The maximum atomic E-state index is 12.6. The lowest BCUT2D eigenvalue weighted by molar-refractivity contribution is 0.181. The summed E-state index contributed by atoms with van der Waals surface area (Å²) < 4.78 is 1.57. The Labute approximate surface area is 181 Å². The van der Waals surface area contributed by atoms with Gasteiger partial charge in [-0.15, -0.1) is 0 Å². The first-order chi connectivity index (χ1) is 14.5. The van der Waals surface area contributed by atoms with Gasteiger partial charge >= 0.3 is 0 Å². The van der Waals surface area contributed by atoms with Crippen LogP contribution in [0.2, 0.25) is 0 Å². The number of anilines is 1. The Morgan fingerprint density at radius 2 is 2.07 bits per heavy atom. The molecule has 156 valence electrons. The van der Waals surface area contributed by atoms with Crippen LogP contribution in [0.25, 0.3) is 25.9 Å². The Kier molecular flexibility index (Phi) is 4.92. The number of aromatic amines is 1. The number of pyridine rings is 1. The number of thiazole rings is 2. The van der Waals surface area contributed by atoms with E-state index in [2.05, 4.69) is 41.0 Å². The summed E-state index contributed by atoms with van der Waals surface area (Å²) in [4.78, 5) is 28.6. The molecule has 0 aromatic carbocycles. The van der Waals surface area contributed by atoms with Gasteiger partial charge in [0.15, 0.2) is 19.9 Å². The molecular weight excluding hydrogens is 418 g/mol. The number of hydrogen-bond donors (Lipinski definition) is 1. The normalized spacial score (nSPS) is 20.1. The Morgan fingerprint density at radius 1 is 1.23 bits per heavy atom. The first-order valence-electron chi connectivity index (χ1n) is 9.92. The molecule has 30 heavy (non-hydrogen) atoms. The fraction of sp³-hybridized carbons (Fsp3) is 0.400. The van der Waals surface area contributed by atoms with Crippen LogP contribution in [0.1, 0.15) is 19.8 Å². The average Bonchev–Trinajstić information content (AvgIpc) is 3.46. The third-order valence-electron chi connectivity index (χ3n) is 5.94. The highest BCUT2D eigenvalue weighted by atomic mass is 32.1. The van der Waals surface area contributed by atoms with E-state index in [0.29, 0.717) is 17.2 Å². The van der Waals surface area contributed by atoms with E-state index in [-0.39, 0.29) is 5.56 Å². The van der Waals surface area contributed by atoms with Gasteiger partial charge in [0.2, 0.25) is 0 Å². The zero-order valence-corrected chi connectivity index (χ0v) is 18.7. The molecule has 0 spiro atoms. The highest BCUT2D eigenvalue weighted by Crippen LogP contribution is 2.35. The van der Waals surface area contributed by atoms with Gasteiger partial charge in [0.1, 0.15) is 0 Å². The Balaban J connectivity index is 1.39. The quantitative estimate of drug-likeness (QED) is 0.524. The number of hydrogen-bond acceptors (Lipinski definition) is 8. The Bertz CT molecular complexity index is 1190. The molecule has 0 amide bonds. The second-order valence-corrected chi connectivity index (χ2v) is 9.74. The molecule has 0 saturated carbocycles. The molecule has 1 aliphatic heterocycles. The minimum atomic E-state index is -0.118. The summed E-state index contributed by atoms with van der Waals surface area (Å²) in [6.45, 7) is 3.39. The second-order valence-electron chi connectivity index (χ2n) is 7.83. The van der Waals surface area contributed by atoms with E-state index in [4.69, 9.17) is 9.97 Å². The van der Waals surface area contributed by atoms with Gasteiger partial charge < -0.3 is 9.80 Å². The molecule has 8 nitrogen and oxygen atoms in total. The number of nitrogens with one attached hydrogen (secondary N) is 1. The van der Waals surface area contributed by atoms with Crippen molar-refractivity contribution in [1.29, 1.82) is 0 Å². The van der Waals surface area contributed by atoms with Crippen molar-refractivity contribution in [2.75, 3.05) is 25.5 Å². The molecular formula is C20H23N7OS2. The standard InChI is InChI=1S/C20H23N7OS2/c1-12-8-15(5-6-25(12)2)26(3)19-23-17-18(29-19)24-20(30-17)27-7-4-13(9-16(27)28)14-10-21-22-11-14/h4,7,9-12,15H,5-6,8H2,1-3H3,(H,21,22). The smallest absolute Gasteiger partial charge is 0.257 e. The maximum Gasteiger partial charge on any atom is 0.257 e. The van der Waals surface area contributed by atoms with Crippen LogP contribution in [0.5, 0.6) is 0 Å². The van der Waals surface area contributed by atoms with E-state index in [1.54, 1.807) is 40.6 Å². The Hall–Kier alpha value is -2.56. The van der Waals surface area contributed by atoms with Crippen molar-refractivity contribution in [3.63, 3.8) is 0 Å². The van der Waals surface area contributed by atoms with Crippen molar-refractivity contribution in [2.24, 2.45) is 0 Å². The van der Waals surface area contributed by atoms with Crippen molar-refractivity contribution in [1.82, 2.24) is 29.6 Å². The number of nitrogens with zero attached hydrogens (tertiary/aromatic N) is 6. The van der Waals surface area contributed by atoms with Crippen molar-refractivity contribution < 1.29 is 0 Å². The molecule has 1 aliphatic rings. The molecule has 4 aromatic rings. The first kappa shape index (κ1) is 19.4. The number of piperidine rings is 1. The van der Waals surface area contributed by atoms with Crippen molar-refractivity contribution in [2.45, 2.75) is 31.8 Å². The van der Waals surface area contributed by atoms with Gasteiger partial charge in [-0.3, -0.25) is 14.5 Å². The van der Waals surface area contributed by atoms with Crippen LogP contribution in [-0.2, 0) is 0 Å². The fourth-order valence-corrected chi connectivity index (χ4v) is 5.93. The predicted molar refractivity (Wildman–Crippen MR) is 122 cm³/mol. The molecule has 10 heteroatoms. The number of likely N-dealkylation sites (tertiary alicyclic amines) is 1. The van der Waals surface area contributed by atoms with Gasteiger partial charge in [0.05, 0.1) is 6.20 Å². The summed E-state index contributed by atoms with van der Waals surface area (Å²) in [6.07, 6.45) is 7.51. The van der Waals surface area contributed by atoms with E-state index in [0.717, 1.165) is 45.3 Å². The van der Waals surface area contributed by atoms with Gasteiger partial charge in [-0.2, -0.15) is 5.10 Å². The molecule has 0 radical (unpaired) electrons. The second kappa shape index (κ2) is 7.60. The van der Waals surface area contributed by atoms with Gasteiger partial charge in [-0.25, -0.2) is 9.97 Å². The van der Waals surface area contributed by atoms with Crippen LogP contribution in [-0.4, -0.2) is 62.4 Å². The molecule has 1 N–H and O–H groups in total. The van der Waals surface area contributed by atoms with E-state index < -0.39 is 0 Å². The maximum absolute atomic E-state index is 12.6. The average molecular weight is 442 g/mol. The van der Waals surface area contributed by atoms with Crippen molar-refractivity contribution >= 4 is 37.5 Å². The number of H-pyrrole nitrogens is 1. The summed E-state index contributed by atoms with van der Waals surface area (Å²) >= 11 is 3.05. The van der Waals surface area contributed by atoms with Crippen LogP contribution in [0.4, 0.5) is 5.13 Å². The van der Waals surface area contributed by atoms with E-state index in [1.165, 1.54) is 11.3 Å². The lowest BCUT2D eigenvalue weighted by Crippen LogP contribution is -2.46. The van der Waals surface area contributed by atoms with Crippen LogP contribution >= 0.6 is 22.7 Å². The highest BCUT2D eigenvalue weighted by molar-refractivity contribution is 7.29. The zero-order valence-electron chi connectivity index (χ0n) is 17.1. The fourth-order valence-electron chi connectivity index (χ4n) is 3.87. The molecule has 2 unspecified atom stereocenters. The van der Waals surface area contributed by atoms with Gasteiger partial charge in [0, 0.05) is 49.7 Å². The lowest BCUT2D eigenvalue weighted by Gasteiger charge is -2.39. The van der Waals surface area contributed by atoms with Crippen molar-refractivity contribution in [3.8, 4) is 16.3 Å². The summed E-state index contributed by atoms with van der Waals surface area (Å²) in [5.41, 5.74) is 1.60. The van der Waals surface area contributed by atoms with Crippen LogP contribution < -0.4 is 10.5 Å². The first-order valence-corrected chi connectivity index (χ1v) is 11.6. The van der Waals surface area contributed by atoms with E-state index in [1.807, 2.05) is 6.07 Å². The monoisotopic (exact) mass is 441 g/mol. The minimum absolute atomic E-state index is 0.118. The van der Waals surface area contributed by atoms with Gasteiger partial charge in [0.25, 0.3) is 5.56 Å². The van der Waals surface area contributed by atoms with Crippen LogP contribution in [0, 0.1) is 0 Å². The largest absolute Gasteiger partial charge is 0.348 e. The Morgan fingerprint density at radius 3 is 2.77 bits per heavy atom. The van der Waals surface area contributed by atoms with E-state index >= 15 is 0 Å². The molecule has 0 bridgehead atoms. The summed E-state index contributed by atoms with van der Waals surface area (Å²) in [7, 11) is 4.32. The third kappa shape index (κ3) is 3.44. The molecule has 1 saturated heterocycles. The van der Waals surface area contributed by atoms with Gasteiger partial charge in [-0.1, -0.05) is 22.7 Å². The molecule has 5 rings (SSSR count). The lowest BCUT2D eigenvalue weighted by atomic mass is 9.98. The SMILES string of the molecule is CC1CC(N(C)c2nc3sc(-n4ccc(-c5cn[nH]c5)cc4=O)nc3s2)CCN1C. The zero-order chi connectivity index (χ0) is 20.8. The molecule has 0 aliphatic carbocycles. The molecule has 5 heterocycles. The molecule has 2 atom stereocenters. The molecule has 4 aromatic heterocycles. The predicted octanol–water partition coefficient (Wildman–Crippen LogP) is 3.21. The topological polar surface area (TPSA) is 82.9 Å². The number of rotatable bonds is 4. The number of aromatic nitrogens is 5. The third-order valence-corrected chi connectivity index (χ3v) is 8.06. The van der Waals surface area contributed by atoms with Gasteiger partial charge in [-0.05, 0) is 38.4 Å². The van der Waals surface area contributed by atoms with Crippen LogP contribution in [0.3, 0.4) is 0 Å². The summed E-state index contributed by atoms with van der Waals surface area (Å²) in [6, 6.07) is 4.58.